The topological polar surface area (TPSA) is 118 Å². The van der Waals surface area contributed by atoms with Crippen LogP contribution in [-0.4, -0.2) is 55.2 Å². The molecule has 0 saturated carbocycles. The number of rotatable bonds is 9. The molecule has 0 spiro atoms. The highest BCUT2D eigenvalue weighted by Crippen LogP contribution is 2.46. The first-order valence-electron chi connectivity index (χ1n) is 7.75. The Hall–Kier alpha value is -0.990. The second-order valence-electron chi connectivity index (χ2n) is 6.30. The van der Waals surface area contributed by atoms with Gasteiger partial charge in [0.1, 0.15) is 0 Å². The molecule has 24 heavy (non-hydrogen) atoms. The minimum absolute atomic E-state index is 0.173. The normalized spacial score (nSPS) is 31.2. The van der Waals surface area contributed by atoms with E-state index in [2.05, 4.69) is 0 Å². The Labute approximate surface area is 139 Å². The zero-order valence-electron chi connectivity index (χ0n) is 13.9. The molecule has 0 aromatic carbocycles. The summed E-state index contributed by atoms with van der Waals surface area (Å²) in [5.41, 5.74) is 0. The van der Waals surface area contributed by atoms with Crippen molar-refractivity contribution in [3.05, 3.63) is 0 Å². The molecule has 0 aromatic heterocycles. The fourth-order valence-electron chi connectivity index (χ4n) is 2.90. The van der Waals surface area contributed by atoms with Crippen LogP contribution in [0.3, 0.4) is 0 Å². The van der Waals surface area contributed by atoms with Crippen LogP contribution in [0.1, 0.15) is 26.7 Å². The van der Waals surface area contributed by atoms with Gasteiger partial charge in [-0.1, -0.05) is 0 Å². The number of hydrogen-bond donors (Lipinski definition) is 1. The van der Waals surface area contributed by atoms with Crippen LogP contribution in [0, 0.1) is 11.8 Å². The molecule has 5 unspecified atom stereocenters. The van der Waals surface area contributed by atoms with Crippen molar-refractivity contribution in [3.8, 4) is 0 Å². The Morgan fingerprint density at radius 1 is 1.25 bits per heavy atom. The van der Waals surface area contributed by atoms with E-state index in [0.717, 1.165) is 0 Å². The van der Waals surface area contributed by atoms with Crippen molar-refractivity contribution in [1.82, 2.24) is 0 Å². The highest BCUT2D eigenvalue weighted by atomic mass is 31.2. The number of carbonyl (C=O) groups excluding carboxylic acids is 1. The second kappa shape index (κ2) is 7.93. The van der Waals surface area contributed by atoms with E-state index in [1.54, 1.807) is 13.8 Å². The molecule has 0 amide bonds. The van der Waals surface area contributed by atoms with Gasteiger partial charge in [0.05, 0.1) is 30.1 Å². The smallest absolute Gasteiger partial charge is 0.313 e. The van der Waals surface area contributed by atoms with Gasteiger partial charge in [-0.2, -0.15) is 0 Å². The lowest BCUT2D eigenvalue weighted by molar-refractivity contribution is -0.342. The molecule has 2 bridgehead atoms. The third-order valence-corrected chi connectivity index (χ3v) is 5.16. The third-order valence-electron chi connectivity index (χ3n) is 3.91. The predicted molar refractivity (Wildman–Crippen MR) is 80.3 cm³/mol. The van der Waals surface area contributed by atoms with E-state index in [1.165, 1.54) is 6.66 Å². The first-order chi connectivity index (χ1) is 11.2. The summed E-state index contributed by atoms with van der Waals surface area (Å²) in [6.07, 6.45) is -0.312. The lowest BCUT2D eigenvalue weighted by atomic mass is 9.79. The van der Waals surface area contributed by atoms with Gasteiger partial charge in [-0.15, -0.1) is 0 Å². The first kappa shape index (κ1) is 19.3. The van der Waals surface area contributed by atoms with Crippen LogP contribution < -0.4 is 0 Å². The third kappa shape index (κ3) is 4.77. The second-order valence-corrected chi connectivity index (χ2v) is 8.84. The van der Waals surface area contributed by atoms with Crippen LogP contribution in [0.4, 0.5) is 0 Å². The van der Waals surface area contributed by atoms with Crippen molar-refractivity contribution < 1.29 is 43.0 Å². The highest BCUT2D eigenvalue weighted by Gasteiger charge is 2.56. The summed E-state index contributed by atoms with van der Waals surface area (Å²) in [7, 11) is -3.24. The summed E-state index contributed by atoms with van der Waals surface area (Å²) in [6.45, 7) is 4.44. The van der Waals surface area contributed by atoms with E-state index < -0.39 is 49.7 Å². The lowest BCUT2D eigenvalue weighted by Gasteiger charge is -2.23. The average Bonchev–Trinajstić information content (AvgIpc) is 3.10. The zero-order chi connectivity index (χ0) is 17.9. The monoisotopic (exact) mass is 366 g/mol. The van der Waals surface area contributed by atoms with E-state index >= 15 is 0 Å². The van der Waals surface area contributed by atoms with Gasteiger partial charge in [0.25, 0.3) is 0 Å². The summed E-state index contributed by atoms with van der Waals surface area (Å²) in [4.78, 5) is 33.0. The molecule has 9 nitrogen and oxygen atoms in total. The first-order valence-corrected chi connectivity index (χ1v) is 10.0. The van der Waals surface area contributed by atoms with E-state index in [-0.39, 0.29) is 12.9 Å². The van der Waals surface area contributed by atoms with Gasteiger partial charge in [0, 0.05) is 6.66 Å². The van der Waals surface area contributed by atoms with Crippen LogP contribution in [-0.2, 0) is 37.9 Å². The number of esters is 1. The number of carboxylic acids is 1. The average molecular weight is 366 g/mol. The number of aliphatic carboxylic acids is 1. The van der Waals surface area contributed by atoms with Gasteiger partial charge in [-0.05, 0) is 26.7 Å². The van der Waals surface area contributed by atoms with Crippen LogP contribution in [0.2, 0.25) is 0 Å². The van der Waals surface area contributed by atoms with E-state index in [4.69, 9.17) is 23.8 Å². The highest BCUT2D eigenvalue weighted by molar-refractivity contribution is 7.57. The summed E-state index contributed by atoms with van der Waals surface area (Å²) >= 11 is 0. The number of carboxylic acid groups (broad SMARTS) is 1. The summed E-state index contributed by atoms with van der Waals surface area (Å²) in [5, 5.41) is 9.27. The quantitative estimate of drug-likeness (QED) is 0.162. The zero-order valence-corrected chi connectivity index (χ0v) is 14.8. The molecule has 1 N–H and O–H groups in total. The van der Waals surface area contributed by atoms with Crippen LogP contribution in [0.25, 0.3) is 0 Å². The van der Waals surface area contributed by atoms with Crippen molar-refractivity contribution in [3.63, 3.8) is 0 Å². The Balaban J connectivity index is 1.81. The Morgan fingerprint density at radius 2 is 1.88 bits per heavy atom. The summed E-state index contributed by atoms with van der Waals surface area (Å²) in [6, 6.07) is 0. The van der Waals surface area contributed by atoms with Gasteiger partial charge in [-0.25, -0.2) is 9.78 Å². The SMILES string of the molecule is CC(C)OOCOP(C)(=O)COC(=O)C1C2CCC(O2)C1C(=O)O. The summed E-state index contributed by atoms with van der Waals surface area (Å²) < 4.78 is 27.7. The maximum Gasteiger partial charge on any atom is 0.313 e. The molecule has 0 radical (unpaired) electrons. The Bertz CT molecular complexity index is 520. The predicted octanol–water partition coefficient (Wildman–Crippen LogP) is 1.60. The fourth-order valence-corrected chi connectivity index (χ4v) is 3.60. The molecule has 138 valence electrons. The lowest BCUT2D eigenvalue weighted by Crippen LogP contribution is -2.39. The van der Waals surface area contributed by atoms with Crippen molar-refractivity contribution in [1.29, 1.82) is 0 Å². The Morgan fingerprint density at radius 3 is 2.46 bits per heavy atom. The molecule has 2 aliphatic rings. The van der Waals surface area contributed by atoms with Crippen molar-refractivity contribution in [2.75, 3.05) is 19.8 Å². The van der Waals surface area contributed by atoms with E-state index in [1.807, 2.05) is 0 Å². The largest absolute Gasteiger partial charge is 0.481 e. The number of hydrogen-bond acceptors (Lipinski definition) is 8. The van der Waals surface area contributed by atoms with Crippen LogP contribution in [0.5, 0.6) is 0 Å². The van der Waals surface area contributed by atoms with Crippen molar-refractivity contribution >= 4 is 19.3 Å². The van der Waals surface area contributed by atoms with Crippen molar-refractivity contribution in [2.45, 2.75) is 45.0 Å². The molecule has 10 heteroatoms. The maximum atomic E-state index is 12.2. The maximum absolute atomic E-state index is 12.2. The van der Waals surface area contributed by atoms with Crippen LogP contribution in [0.15, 0.2) is 0 Å². The molecule has 5 atom stereocenters. The summed E-state index contributed by atoms with van der Waals surface area (Å²) in [5.74, 6) is -3.60. The van der Waals surface area contributed by atoms with E-state index in [0.29, 0.717) is 12.8 Å². The molecule has 2 fully saturated rings. The van der Waals surface area contributed by atoms with Gasteiger partial charge < -0.3 is 14.6 Å². The van der Waals surface area contributed by atoms with Crippen LogP contribution >= 0.6 is 7.37 Å². The number of carbonyl (C=O) groups is 2. The molecule has 2 heterocycles. The van der Waals surface area contributed by atoms with Crippen molar-refractivity contribution in [2.24, 2.45) is 11.8 Å². The minimum atomic E-state index is -3.24. The molecule has 2 saturated heterocycles. The molecule has 0 aliphatic carbocycles. The number of ether oxygens (including phenoxy) is 2. The number of fused-ring (bicyclic) bond motifs is 2. The molecule has 2 rings (SSSR count). The van der Waals surface area contributed by atoms with E-state index in [9.17, 15) is 19.3 Å². The molecular formula is C14H23O9P. The molecule has 0 aromatic rings. The van der Waals surface area contributed by atoms with Gasteiger partial charge in [0.2, 0.25) is 7.37 Å². The standard InChI is InChI=1S/C14H23O9P/c1-8(2)23-20-6-21-24(3,18)7-19-14(17)12-10-5-4-9(22-10)11(12)13(15)16/h8-12H,4-7H2,1-3H3,(H,15,16). The Kier molecular flexibility index (Phi) is 6.39. The minimum Gasteiger partial charge on any atom is -0.481 e. The van der Waals surface area contributed by atoms with Gasteiger partial charge in [0.15, 0.2) is 13.1 Å². The molecular weight excluding hydrogens is 343 g/mol. The molecule has 2 aliphatic heterocycles. The van der Waals surface area contributed by atoms with Gasteiger partial charge >= 0.3 is 11.9 Å². The van der Waals surface area contributed by atoms with Gasteiger partial charge in [-0.3, -0.25) is 18.7 Å². The fraction of sp³-hybridized carbons (Fsp3) is 0.857.